The van der Waals surface area contributed by atoms with Crippen LogP contribution in [0.4, 0.5) is 4.39 Å². The Morgan fingerprint density at radius 1 is 1.43 bits per heavy atom. The van der Waals surface area contributed by atoms with Gasteiger partial charge in [0.1, 0.15) is 12.0 Å². The molecular weight excluding hydrogens is 271 g/mol. The van der Waals surface area contributed by atoms with Crippen molar-refractivity contribution in [2.24, 2.45) is 0 Å². The molecule has 1 aliphatic rings. The maximum absolute atomic E-state index is 14.1. The Morgan fingerprint density at radius 2 is 2.14 bits per heavy atom. The van der Waals surface area contributed by atoms with E-state index in [1.165, 1.54) is 6.07 Å². The van der Waals surface area contributed by atoms with E-state index >= 15 is 0 Å². The minimum absolute atomic E-state index is 0.00115. The molecule has 0 aromatic heterocycles. The van der Waals surface area contributed by atoms with Crippen molar-refractivity contribution in [2.45, 2.75) is 44.9 Å². The molecule has 0 saturated carbocycles. The third-order valence-electron chi connectivity index (χ3n) is 3.89. The van der Waals surface area contributed by atoms with Crippen molar-refractivity contribution in [3.63, 3.8) is 0 Å². The summed E-state index contributed by atoms with van der Waals surface area (Å²) in [7, 11) is 1.62. The predicted molar refractivity (Wildman–Crippen MR) is 79.2 cm³/mol. The van der Waals surface area contributed by atoms with E-state index < -0.39 is 6.17 Å². The standard InChI is InChI=1S/C16H23FN2O2/c1-4-7-12(10-21-3)19-15(18-11(2)16(19)20)13-8-5-6-9-14(13)17/h5-6,8-9,11-12,15,18H,4,7,10H2,1-3H3. The lowest BCUT2D eigenvalue weighted by Crippen LogP contribution is -2.42. The maximum Gasteiger partial charge on any atom is 0.241 e. The van der Waals surface area contributed by atoms with Gasteiger partial charge >= 0.3 is 0 Å². The molecule has 116 valence electrons. The summed E-state index contributed by atoms with van der Waals surface area (Å²) in [5.74, 6) is -0.298. The first kappa shape index (κ1) is 15.9. The molecule has 1 N–H and O–H groups in total. The highest BCUT2D eigenvalue weighted by atomic mass is 19.1. The number of rotatable bonds is 6. The second-order valence-electron chi connectivity index (χ2n) is 5.46. The number of amides is 1. The minimum Gasteiger partial charge on any atom is -0.383 e. The number of hydrogen-bond donors (Lipinski definition) is 1. The number of carbonyl (C=O) groups is 1. The number of nitrogens with one attached hydrogen (secondary N) is 1. The molecule has 1 saturated heterocycles. The number of nitrogens with zero attached hydrogens (tertiary/aromatic N) is 1. The smallest absolute Gasteiger partial charge is 0.241 e. The fourth-order valence-electron chi connectivity index (χ4n) is 2.89. The topological polar surface area (TPSA) is 41.6 Å². The number of methoxy groups -OCH3 is 1. The monoisotopic (exact) mass is 294 g/mol. The van der Waals surface area contributed by atoms with E-state index in [9.17, 15) is 9.18 Å². The van der Waals surface area contributed by atoms with Gasteiger partial charge in [0.15, 0.2) is 0 Å². The largest absolute Gasteiger partial charge is 0.383 e. The second-order valence-corrected chi connectivity index (χ2v) is 5.46. The number of hydrogen-bond acceptors (Lipinski definition) is 3. The Bertz CT molecular complexity index is 489. The Labute approximate surface area is 125 Å². The Hall–Kier alpha value is -1.46. The summed E-state index contributed by atoms with van der Waals surface area (Å²) in [5, 5.41) is 3.19. The van der Waals surface area contributed by atoms with Crippen LogP contribution in [0.15, 0.2) is 24.3 Å². The average molecular weight is 294 g/mol. The van der Waals surface area contributed by atoms with Gasteiger partial charge in [-0.15, -0.1) is 0 Å². The number of halogens is 1. The van der Waals surface area contributed by atoms with Gasteiger partial charge in [0.25, 0.3) is 0 Å². The highest BCUT2D eigenvalue weighted by Gasteiger charge is 2.41. The number of carbonyl (C=O) groups excluding carboxylic acids is 1. The van der Waals surface area contributed by atoms with Gasteiger partial charge in [-0.05, 0) is 19.4 Å². The van der Waals surface area contributed by atoms with Crippen LogP contribution in [0.1, 0.15) is 38.4 Å². The van der Waals surface area contributed by atoms with Gasteiger partial charge in [-0.3, -0.25) is 10.1 Å². The molecule has 21 heavy (non-hydrogen) atoms. The Balaban J connectivity index is 2.34. The highest BCUT2D eigenvalue weighted by Crippen LogP contribution is 2.30. The van der Waals surface area contributed by atoms with Crippen molar-refractivity contribution in [1.82, 2.24) is 10.2 Å². The first-order valence-electron chi connectivity index (χ1n) is 7.41. The minimum atomic E-state index is -0.430. The van der Waals surface area contributed by atoms with E-state index in [1.54, 1.807) is 30.2 Å². The van der Waals surface area contributed by atoms with Crippen molar-refractivity contribution in [3.05, 3.63) is 35.6 Å². The van der Waals surface area contributed by atoms with Gasteiger partial charge in [0.05, 0.1) is 18.7 Å². The van der Waals surface area contributed by atoms with Crippen molar-refractivity contribution in [2.75, 3.05) is 13.7 Å². The highest BCUT2D eigenvalue weighted by molar-refractivity contribution is 5.84. The molecule has 1 aliphatic heterocycles. The summed E-state index contributed by atoms with van der Waals surface area (Å²) in [6.07, 6.45) is 1.34. The lowest BCUT2D eigenvalue weighted by molar-refractivity contribution is -0.133. The van der Waals surface area contributed by atoms with Crippen molar-refractivity contribution in [3.8, 4) is 0 Å². The fraction of sp³-hybridized carbons (Fsp3) is 0.562. The molecule has 2 rings (SSSR count). The summed E-state index contributed by atoms with van der Waals surface area (Å²) in [4.78, 5) is 14.2. The zero-order valence-corrected chi connectivity index (χ0v) is 12.8. The van der Waals surface area contributed by atoms with E-state index in [1.807, 2.05) is 6.92 Å². The van der Waals surface area contributed by atoms with Crippen LogP contribution in [-0.4, -0.2) is 36.6 Å². The van der Waals surface area contributed by atoms with Gasteiger partial charge in [0.2, 0.25) is 5.91 Å². The first-order chi connectivity index (χ1) is 10.1. The molecule has 1 fully saturated rings. The Kier molecular flexibility index (Phi) is 5.31. The predicted octanol–water partition coefficient (Wildman–Crippen LogP) is 2.46. The van der Waals surface area contributed by atoms with E-state index in [-0.39, 0.29) is 23.8 Å². The van der Waals surface area contributed by atoms with E-state index in [0.717, 1.165) is 12.8 Å². The van der Waals surface area contributed by atoms with Crippen molar-refractivity contribution in [1.29, 1.82) is 0 Å². The van der Waals surface area contributed by atoms with Crippen LogP contribution in [0.3, 0.4) is 0 Å². The lowest BCUT2D eigenvalue weighted by atomic mass is 10.1. The molecule has 1 aromatic rings. The van der Waals surface area contributed by atoms with Crippen molar-refractivity contribution >= 4 is 5.91 Å². The zero-order chi connectivity index (χ0) is 15.4. The van der Waals surface area contributed by atoms with Crippen LogP contribution < -0.4 is 5.32 Å². The lowest BCUT2D eigenvalue weighted by Gasteiger charge is -2.32. The van der Waals surface area contributed by atoms with Gasteiger partial charge in [-0.25, -0.2) is 4.39 Å². The van der Waals surface area contributed by atoms with Gasteiger partial charge < -0.3 is 9.64 Å². The summed E-state index contributed by atoms with van der Waals surface area (Å²) in [5.41, 5.74) is 0.507. The molecule has 5 heteroatoms. The molecule has 1 amide bonds. The van der Waals surface area contributed by atoms with Crippen LogP contribution in [-0.2, 0) is 9.53 Å². The summed E-state index contributed by atoms with van der Waals surface area (Å²) < 4.78 is 19.3. The quantitative estimate of drug-likeness (QED) is 0.876. The van der Waals surface area contributed by atoms with E-state index in [0.29, 0.717) is 12.2 Å². The molecule has 3 unspecified atom stereocenters. The van der Waals surface area contributed by atoms with Gasteiger partial charge in [0, 0.05) is 12.7 Å². The third kappa shape index (κ3) is 3.24. The third-order valence-corrected chi connectivity index (χ3v) is 3.89. The summed E-state index contributed by atoms with van der Waals surface area (Å²) in [6, 6.07) is 6.23. The van der Waals surface area contributed by atoms with Gasteiger partial charge in [-0.2, -0.15) is 0 Å². The molecule has 0 aliphatic carbocycles. The molecule has 1 aromatic carbocycles. The SMILES string of the molecule is CCCC(COC)N1C(=O)C(C)NC1c1ccccc1F. The van der Waals surface area contributed by atoms with Crippen LogP contribution in [0.2, 0.25) is 0 Å². The second kappa shape index (κ2) is 7.00. The molecule has 3 atom stereocenters. The number of benzene rings is 1. The van der Waals surface area contributed by atoms with Crippen LogP contribution >= 0.6 is 0 Å². The van der Waals surface area contributed by atoms with Crippen LogP contribution in [0.5, 0.6) is 0 Å². The van der Waals surface area contributed by atoms with Crippen LogP contribution in [0.25, 0.3) is 0 Å². The Morgan fingerprint density at radius 3 is 2.76 bits per heavy atom. The molecular formula is C16H23FN2O2. The van der Waals surface area contributed by atoms with Gasteiger partial charge in [-0.1, -0.05) is 31.5 Å². The molecule has 4 nitrogen and oxygen atoms in total. The van der Waals surface area contributed by atoms with Crippen LogP contribution in [0, 0.1) is 5.82 Å². The van der Waals surface area contributed by atoms with E-state index in [4.69, 9.17) is 4.74 Å². The fourth-order valence-corrected chi connectivity index (χ4v) is 2.89. The average Bonchev–Trinajstić information content (AvgIpc) is 2.75. The summed E-state index contributed by atoms with van der Waals surface area (Å²) >= 11 is 0. The number of ether oxygens (including phenoxy) is 1. The maximum atomic E-state index is 14.1. The molecule has 0 bridgehead atoms. The summed E-state index contributed by atoms with van der Waals surface area (Å²) in [6.45, 7) is 4.34. The molecule has 1 heterocycles. The zero-order valence-electron chi connectivity index (χ0n) is 12.8. The molecule has 0 spiro atoms. The van der Waals surface area contributed by atoms with Crippen molar-refractivity contribution < 1.29 is 13.9 Å². The van der Waals surface area contributed by atoms with E-state index in [2.05, 4.69) is 12.2 Å². The normalized spacial score (nSPS) is 23.6. The first-order valence-corrected chi connectivity index (χ1v) is 7.41. The molecule has 0 radical (unpaired) electrons.